The van der Waals surface area contributed by atoms with E-state index in [1.165, 1.54) is 30.3 Å². The quantitative estimate of drug-likeness (QED) is 0.874. The van der Waals surface area contributed by atoms with Crippen LogP contribution in [-0.4, -0.2) is 33.6 Å². The fourth-order valence-electron chi connectivity index (χ4n) is 2.01. The highest BCUT2D eigenvalue weighted by molar-refractivity contribution is 7.92. The van der Waals surface area contributed by atoms with Gasteiger partial charge in [0.15, 0.2) is 0 Å². The molecule has 0 unspecified atom stereocenters. The largest absolute Gasteiger partial charge is 0.478 e. The molecule has 0 spiro atoms. The number of carboxylic acids is 1. The van der Waals surface area contributed by atoms with Crippen LogP contribution >= 0.6 is 0 Å². The molecule has 2 aromatic carbocycles. The zero-order chi connectivity index (χ0) is 17.2. The Labute approximate surface area is 133 Å². The molecule has 0 aliphatic heterocycles. The van der Waals surface area contributed by atoms with E-state index in [2.05, 4.69) is 4.72 Å². The molecule has 0 heterocycles. The Balaban J connectivity index is 2.40. The lowest BCUT2D eigenvalue weighted by molar-refractivity contribution is 0.0697. The average Bonchev–Trinajstić information content (AvgIpc) is 2.46. The average molecular weight is 338 g/mol. The third-order valence-electron chi connectivity index (χ3n) is 3.07. The minimum Gasteiger partial charge on any atom is -0.478 e. The summed E-state index contributed by atoms with van der Waals surface area (Å²) >= 11 is 0. The summed E-state index contributed by atoms with van der Waals surface area (Å²) in [6, 6.07) is 8.70. The van der Waals surface area contributed by atoms with E-state index in [1.54, 1.807) is 19.0 Å². The van der Waals surface area contributed by atoms with Crippen molar-refractivity contribution in [1.82, 2.24) is 0 Å². The molecule has 0 saturated heterocycles. The van der Waals surface area contributed by atoms with Crippen molar-refractivity contribution < 1.29 is 22.7 Å². The maximum Gasteiger partial charge on any atom is 0.337 e. The van der Waals surface area contributed by atoms with Gasteiger partial charge < -0.3 is 10.0 Å². The van der Waals surface area contributed by atoms with Crippen molar-refractivity contribution in [3.63, 3.8) is 0 Å². The summed E-state index contributed by atoms with van der Waals surface area (Å²) in [5.74, 6) is -1.86. The molecule has 0 bridgehead atoms. The third-order valence-corrected chi connectivity index (χ3v) is 4.45. The second-order valence-corrected chi connectivity index (χ2v) is 6.68. The van der Waals surface area contributed by atoms with Gasteiger partial charge in [-0.1, -0.05) is 6.07 Å². The van der Waals surface area contributed by atoms with E-state index in [4.69, 9.17) is 0 Å². The molecule has 0 aliphatic carbocycles. The van der Waals surface area contributed by atoms with Crippen LogP contribution in [0.25, 0.3) is 0 Å². The lowest BCUT2D eigenvalue weighted by Crippen LogP contribution is -2.16. The van der Waals surface area contributed by atoms with Gasteiger partial charge in [0.1, 0.15) is 5.82 Å². The van der Waals surface area contributed by atoms with Crippen LogP contribution in [0.5, 0.6) is 0 Å². The molecule has 2 rings (SSSR count). The summed E-state index contributed by atoms with van der Waals surface area (Å²) in [6.07, 6.45) is 0. The van der Waals surface area contributed by atoms with Gasteiger partial charge in [-0.25, -0.2) is 17.6 Å². The molecule has 0 radical (unpaired) electrons. The van der Waals surface area contributed by atoms with Gasteiger partial charge in [0, 0.05) is 19.8 Å². The van der Waals surface area contributed by atoms with E-state index in [0.717, 1.165) is 12.1 Å². The van der Waals surface area contributed by atoms with E-state index in [1.807, 2.05) is 0 Å². The first-order valence-corrected chi connectivity index (χ1v) is 8.02. The van der Waals surface area contributed by atoms with E-state index in [9.17, 15) is 22.7 Å². The maximum absolute atomic E-state index is 13.2. The van der Waals surface area contributed by atoms with E-state index < -0.39 is 21.8 Å². The van der Waals surface area contributed by atoms with Crippen molar-refractivity contribution in [2.75, 3.05) is 23.7 Å². The van der Waals surface area contributed by atoms with E-state index in [-0.39, 0.29) is 16.1 Å². The number of carbonyl (C=O) groups is 1. The molecule has 122 valence electrons. The lowest BCUT2D eigenvalue weighted by atomic mass is 10.1. The molecule has 0 saturated carbocycles. The normalized spacial score (nSPS) is 11.1. The van der Waals surface area contributed by atoms with Crippen LogP contribution in [0.2, 0.25) is 0 Å². The van der Waals surface area contributed by atoms with Crippen molar-refractivity contribution in [2.45, 2.75) is 4.90 Å². The van der Waals surface area contributed by atoms with Crippen molar-refractivity contribution in [2.24, 2.45) is 0 Å². The molecular formula is C15H15FN2O4S. The monoisotopic (exact) mass is 338 g/mol. The molecule has 0 fully saturated rings. The van der Waals surface area contributed by atoms with Crippen LogP contribution in [-0.2, 0) is 10.0 Å². The van der Waals surface area contributed by atoms with Crippen LogP contribution in [0.4, 0.5) is 15.8 Å². The summed E-state index contributed by atoms with van der Waals surface area (Å²) in [4.78, 5) is 12.7. The van der Waals surface area contributed by atoms with Gasteiger partial charge in [-0.2, -0.15) is 0 Å². The molecule has 0 atom stereocenters. The van der Waals surface area contributed by atoms with Gasteiger partial charge in [0.2, 0.25) is 0 Å². The molecule has 23 heavy (non-hydrogen) atoms. The summed E-state index contributed by atoms with van der Waals surface area (Å²) < 4.78 is 39.9. The zero-order valence-corrected chi connectivity index (χ0v) is 13.3. The van der Waals surface area contributed by atoms with Gasteiger partial charge in [-0.15, -0.1) is 0 Å². The fourth-order valence-corrected chi connectivity index (χ4v) is 3.09. The number of nitrogens with zero attached hydrogens (tertiary/aromatic N) is 1. The van der Waals surface area contributed by atoms with E-state index >= 15 is 0 Å². The molecule has 0 amide bonds. The molecule has 6 nitrogen and oxygen atoms in total. The Morgan fingerprint density at radius 2 is 1.87 bits per heavy atom. The highest BCUT2D eigenvalue weighted by Gasteiger charge is 2.18. The predicted molar refractivity (Wildman–Crippen MR) is 84.9 cm³/mol. The first-order chi connectivity index (χ1) is 10.7. The Kier molecular flexibility index (Phi) is 4.55. The topological polar surface area (TPSA) is 86.7 Å². The van der Waals surface area contributed by atoms with Crippen LogP contribution in [0, 0.1) is 5.82 Å². The number of hydrogen-bond donors (Lipinski definition) is 2. The summed E-state index contributed by atoms with van der Waals surface area (Å²) in [5, 5.41) is 9.24. The van der Waals surface area contributed by atoms with Gasteiger partial charge in [0.05, 0.1) is 16.1 Å². The third kappa shape index (κ3) is 3.78. The van der Waals surface area contributed by atoms with Gasteiger partial charge in [0.25, 0.3) is 10.0 Å². The Bertz CT molecular complexity index is 850. The Morgan fingerprint density at radius 1 is 1.17 bits per heavy atom. The molecule has 8 heteroatoms. The van der Waals surface area contributed by atoms with Gasteiger partial charge in [-0.05, 0) is 36.4 Å². The number of rotatable bonds is 5. The smallest absolute Gasteiger partial charge is 0.337 e. The number of nitrogens with one attached hydrogen (secondary N) is 1. The van der Waals surface area contributed by atoms with Crippen molar-refractivity contribution in [1.29, 1.82) is 0 Å². The SMILES string of the molecule is CN(C)c1ccc(NS(=O)(=O)c2cccc(F)c2)cc1C(=O)O. The molecule has 2 N–H and O–H groups in total. The van der Waals surface area contributed by atoms with Crippen LogP contribution < -0.4 is 9.62 Å². The van der Waals surface area contributed by atoms with Gasteiger partial charge in [-0.3, -0.25) is 4.72 Å². The van der Waals surface area contributed by atoms with Crippen LogP contribution in [0.1, 0.15) is 10.4 Å². The Morgan fingerprint density at radius 3 is 2.43 bits per heavy atom. The minimum atomic E-state index is -4.01. The second kappa shape index (κ2) is 6.25. The van der Waals surface area contributed by atoms with Gasteiger partial charge >= 0.3 is 5.97 Å². The highest BCUT2D eigenvalue weighted by atomic mass is 32.2. The first kappa shape index (κ1) is 16.8. The highest BCUT2D eigenvalue weighted by Crippen LogP contribution is 2.25. The molecule has 0 aromatic heterocycles. The van der Waals surface area contributed by atoms with Crippen molar-refractivity contribution in [3.05, 3.63) is 53.8 Å². The molecule has 2 aromatic rings. The standard InChI is InChI=1S/C15H15FN2O4S/c1-18(2)14-7-6-11(9-13(14)15(19)20)17-23(21,22)12-5-3-4-10(16)8-12/h3-9,17H,1-2H3,(H,19,20). The number of sulfonamides is 1. The summed E-state index contributed by atoms with van der Waals surface area (Å²) in [7, 11) is -0.650. The van der Waals surface area contributed by atoms with Crippen molar-refractivity contribution in [3.8, 4) is 0 Å². The number of aromatic carboxylic acids is 1. The number of carboxylic acid groups (broad SMARTS) is 1. The van der Waals surface area contributed by atoms with Crippen LogP contribution in [0.3, 0.4) is 0 Å². The fraction of sp³-hybridized carbons (Fsp3) is 0.133. The minimum absolute atomic E-state index is 0.0468. The van der Waals surface area contributed by atoms with Crippen molar-refractivity contribution >= 4 is 27.4 Å². The number of halogens is 1. The zero-order valence-electron chi connectivity index (χ0n) is 12.4. The second-order valence-electron chi connectivity index (χ2n) is 4.99. The molecular weight excluding hydrogens is 323 g/mol. The summed E-state index contributed by atoms with van der Waals surface area (Å²) in [6.45, 7) is 0. The Hall–Kier alpha value is -2.61. The number of anilines is 2. The number of benzene rings is 2. The summed E-state index contributed by atoms with van der Waals surface area (Å²) in [5.41, 5.74) is 0.470. The lowest BCUT2D eigenvalue weighted by Gasteiger charge is -2.17. The number of hydrogen-bond acceptors (Lipinski definition) is 4. The maximum atomic E-state index is 13.2. The predicted octanol–water partition coefficient (Wildman–Crippen LogP) is 2.39. The van der Waals surface area contributed by atoms with Crippen LogP contribution in [0.15, 0.2) is 47.4 Å². The molecule has 0 aliphatic rings. The first-order valence-electron chi connectivity index (χ1n) is 6.54. The van der Waals surface area contributed by atoms with E-state index in [0.29, 0.717) is 5.69 Å².